The molecule has 0 saturated heterocycles. The average molecular weight is 292 g/mol. The highest BCUT2D eigenvalue weighted by molar-refractivity contribution is 5.79. The molecule has 3 N–H and O–H groups in total. The Morgan fingerprint density at radius 2 is 2.33 bits per heavy atom. The number of benzene rings is 1. The van der Waals surface area contributed by atoms with Gasteiger partial charge in [0.25, 0.3) is 0 Å². The van der Waals surface area contributed by atoms with E-state index >= 15 is 0 Å². The highest BCUT2D eigenvalue weighted by atomic mass is 16.5. The van der Waals surface area contributed by atoms with Gasteiger partial charge in [0.1, 0.15) is 17.6 Å². The first-order chi connectivity index (χ1) is 10.1. The molecule has 1 aromatic carbocycles. The molecule has 0 bridgehead atoms. The number of ether oxygens (including phenoxy) is 2. The summed E-state index contributed by atoms with van der Waals surface area (Å²) in [4.78, 5) is 11.8. The van der Waals surface area contributed by atoms with Crippen molar-refractivity contribution < 1.29 is 14.3 Å². The van der Waals surface area contributed by atoms with Gasteiger partial charge in [0.15, 0.2) is 0 Å². The molecule has 2 atom stereocenters. The minimum atomic E-state index is -0.258. The second-order valence-corrected chi connectivity index (χ2v) is 5.38. The topological polar surface area (TPSA) is 73.6 Å². The fraction of sp³-hybridized carbons (Fsp3) is 0.562. The van der Waals surface area contributed by atoms with Crippen LogP contribution in [0.15, 0.2) is 12.1 Å². The lowest BCUT2D eigenvalue weighted by Crippen LogP contribution is -2.34. The van der Waals surface area contributed by atoms with Crippen LogP contribution in [0.25, 0.3) is 0 Å². The van der Waals surface area contributed by atoms with Crippen molar-refractivity contribution >= 4 is 5.91 Å². The van der Waals surface area contributed by atoms with Gasteiger partial charge in [0.05, 0.1) is 12.5 Å². The van der Waals surface area contributed by atoms with Crippen molar-refractivity contribution in [2.24, 2.45) is 11.7 Å². The van der Waals surface area contributed by atoms with Crippen LogP contribution in [0, 0.1) is 5.92 Å². The van der Waals surface area contributed by atoms with E-state index in [1.54, 1.807) is 7.05 Å². The van der Waals surface area contributed by atoms with Crippen molar-refractivity contribution in [1.82, 2.24) is 5.32 Å². The van der Waals surface area contributed by atoms with E-state index in [1.165, 1.54) is 5.56 Å². The fourth-order valence-corrected chi connectivity index (χ4v) is 2.68. The molecule has 0 fully saturated rings. The predicted molar refractivity (Wildman–Crippen MR) is 81.7 cm³/mol. The van der Waals surface area contributed by atoms with Gasteiger partial charge in [-0.3, -0.25) is 4.79 Å². The van der Waals surface area contributed by atoms with E-state index in [2.05, 4.69) is 5.32 Å². The first-order valence-corrected chi connectivity index (χ1v) is 7.45. The maximum Gasteiger partial charge on any atom is 0.224 e. The Morgan fingerprint density at radius 3 is 2.95 bits per heavy atom. The zero-order valence-corrected chi connectivity index (χ0v) is 12.9. The van der Waals surface area contributed by atoms with Gasteiger partial charge in [0.2, 0.25) is 5.91 Å². The molecule has 2 rings (SSSR count). The molecular weight excluding hydrogens is 268 g/mol. The number of fused-ring (bicyclic) bond motifs is 1. The van der Waals surface area contributed by atoms with Gasteiger partial charge >= 0.3 is 0 Å². The van der Waals surface area contributed by atoms with E-state index in [0.717, 1.165) is 23.5 Å². The molecule has 0 aliphatic carbocycles. The molecule has 0 saturated carbocycles. The van der Waals surface area contributed by atoms with E-state index in [9.17, 15) is 4.79 Å². The Bertz CT molecular complexity index is 516. The Hall–Kier alpha value is -1.75. The van der Waals surface area contributed by atoms with E-state index in [-0.39, 0.29) is 17.9 Å². The normalized spacial score (nSPS) is 17.8. The largest absolute Gasteiger partial charge is 0.494 e. The predicted octanol–water partition coefficient (Wildman–Crippen LogP) is 1.27. The molecule has 21 heavy (non-hydrogen) atoms. The molecule has 2 unspecified atom stereocenters. The van der Waals surface area contributed by atoms with Crippen molar-refractivity contribution in [2.75, 3.05) is 20.2 Å². The van der Waals surface area contributed by atoms with Crippen LogP contribution in [0.4, 0.5) is 0 Å². The monoisotopic (exact) mass is 292 g/mol. The van der Waals surface area contributed by atoms with Gasteiger partial charge in [0, 0.05) is 25.6 Å². The number of hydrogen-bond acceptors (Lipinski definition) is 4. The van der Waals surface area contributed by atoms with E-state index in [0.29, 0.717) is 19.6 Å². The number of nitrogens with two attached hydrogens (primary N) is 1. The highest BCUT2D eigenvalue weighted by Gasteiger charge is 2.24. The summed E-state index contributed by atoms with van der Waals surface area (Å²) in [5.74, 6) is 1.42. The van der Waals surface area contributed by atoms with Gasteiger partial charge in [-0.1, -0.05) is 0 Å². The molecule has 0 radical (unpaired) electrons. The summed E-state index contributed by atoms with van der Waals surface area (Å²) < 4.78 is 11.5. The summed E-state index contributed by atoms with van der Waals surface area (Å²) in [5.41, 5.74) is 7.86. The second-order valence-electron chi connectivity index (χ2n) is 5.38. The third kappa shape index (κ3) is 3.47. The zero-order valence-electron chi connectivity index (χ0n) is 12.9. The number of carbonyl (C=O) groups is 1. The Kier molecular flexibility index (Phi) is 5.07. The van der Waals surface area contributed by atoms with E-state index in [4.69, 9.17) is 15.2 Å². The lowest BCUT2D eigenvalue weighted by Gasteiger charge is -2.17. The molecule has 1 aromatic rings. The summed E-state index contributed by atoms with van der Waals surface area (Å²) >= 11 is 0. The molecule has 1 aliphatic heterocycles. The Morgan fingerprint density at radius 1 is 1.57 bits per heavy atom. The van der Waals surface area contributed by atoms with Crippen molar-refractivity contribution in [3.8, 4) is 11.5 Å². The summed E-state index contributed by atoms with van der Waals surface area (Å²) in [6.45, 7) is 4.90. The summed E-state index contributed by atoms with van der Waals surface area (Å²) in [6, 6.07) is 4.03. The molecule has 116 valence electrons. The Balaban J connectivity index is 2.29. The van der Waals surface area contributed by atoms with Crippen LogP contribution in [-0.2, 0) is 17.6 Å². The van der Waals surface area contributed by atoms with Crippen LogP contribution in [0.1, 0.15) is 25.0 Å². The standard InChI is InChI=1S/C16H24N2O3/c1-4-20-14-7-11-5-10(2)21-15(11)8-12(14)6-13(9-17)16(19)18-3/h7-8,10,13H,4-6,9,17H2,1-3H3,(H,18,19). The number of rotatable bonds is 6. The molecule has 1 aliphatic rings. The molecule has 5 heteroatoms. The maximum absolute atomic E-state index is 11.8. The van der Waals surface area contributed by atoms with Gasteiger partial charge in [-0.15, -0.1) is 0 Å². The number of carbonyl (C=O) groups excluding carboxylic acids is 1. The van der Waals surface area contributed by atoms with Gasteiger partial charge in [-0.2, -0.15) is 0 Å². The van der Waals surface area contributed by atoms with Crippen molar-refractivity contribution in [1.29, 1.82) is 0 Å². The second kappa shape index (κ2) is 6.80. The van der Waals surface area contributed by atoms with Gasteiger partial charge < -0.3 is 20.5 Å². The smallest absolute Gasteiger partial charge is 0.224 e. The third-order valence-corrected chi connectivity index (χ3v) is 3.75. The van der Waals surface area contributed by atoms with Crippen molar-refractivity contribution in [3.05, 3.63) is 23.3 Å². The molecule has 1 amide bonds. The quantitative estimate of drug-likeness (QED) is 0.828. The van der Waals surface area contributed by atoms with Crippen molar-refractivity contribution in [2.45, 2.75) is 32.8 Å². The number of nitrogens with one attached hydrogen (secondary N) is 1. The van der Waals surface area contributed by atoms with Crippen LogP contribution in [0.2, 0.25) is 0 Å². The third-order valence-electron chi connectivity index (χ3n) is 3.75. The minimum absolute atomic E-state index is 0.0465. The first kappa shape index (κ1) is 15.6. The highest BCUT2D eigenvalue weighted by Crippen LogP contribution is 2.36. The molecule has 0 aromatic heterocycles. The first-order valence-electron chi connectivity index (χ1n) is 7.45. The van der Waals surface area contributed by atoms with Gasteiger partial charge in [-0.05, 0) is 38.0 Å². The lowest BCUT2D eigenvalue weighted by atomic mass is 9.96. The average Bonchev–Trinajstić information content (AvgIpc) is 2.83. The Labute approximate surface area is 125 Å². The van der Waals surface area contributed by atoms with E-state index < -0.39 is 0 Å². The number of amides is 1. The molecule has 1 heterocycles. The molecule has 0 spiro atoms. The van der Waals surface area contributed by atoms with Gasteiger partial charge in [-0.25, -0.2) is 0 Å². The van der Waals surface area contributed by atoms with Crippen molar-refractivity contribution in [3.63, 3.8) is 0 Å². The number of hydrogen-bond donors (Lipinski definition) is 2. The summed E-state index contributed by atoms with van der Waals surface area (Å²) in [6.07, 6.45) is 1.64. The summed E-state index contributed by atoms with van der Waals surface area (Å²) in [7, 11) is 1.63. The SMILES string of the molecule is CCOc1cc2c(cc1CC(CN)C(=O)NC)OC(C)C2. The molecule has 5 nitrogen and oxygen atoms in total. The minimum Gasteiger partial charge on any atom is -0.494 e. The van der Waals surface area contributed by atoms with E-state index in [1.807, 2.05) is 26.0 Å². The zero-order chi connectivity index (χ0) is 15.4. The van der Waals surface area contributed by atoms with Crippen LogP contribution in [-0.4, -0.2) is 32.2 Å². The van der Waals surface area contributed by atoms with Crippen LogP contribution < -0.4 is 20.5 Å². The molecular formula is C16H24N2O3. The fourth-order valence-electron chi connectivity index (χ4n) is 2.68. The maximum atomic E-state index is 11.8. The van der Waals surface area contributed by atoms with Crippen LogP contribution in [0.3, 0.4) is 0 Å². The van der Waals surface area contributed by atoms with Crippen LogP contribution in [0.5, 0.6) is 11.5 Å². The summed E-state index contributed by atoms with van der Waals surface area (Å²) in [5, 5.41) is 2.66. The lowest BCUT2D eigenvalue weighted by molar-refractivity contribution is -0.124. The van der Waals surface area contributed by atoms with Crippen LogP contribution >= 0.6 is 0 Å².